The van der Waals surface area contributed by atoms with Crippen LogP contribution in [-0.2, 0) is 0 Å². The quantitative estimate of drug-likeness (QED) is 0.643. The molecule has 1 fully saturated rings. The average Bonchev–Trinajstić information content (AvgIpc) is 2.15. The monoisotopic (exact) mass is 185 g/mol. The maximum atomic E-state index is 3.48. The number of unbranched alkanes of at least 4 members (excludes halogenated alkanes) is 2. The first kappa shape index (κ1) is 11.0. The van der Waals surface area contributed by atoms with Crippen molar-refractivity contribution in [2.24, 2.45) is 0 Å². The van der Waals surface area contributed by atoms with E-state index in [0.717, 1.165) is 6.54 Å². The fourth-order valence-corrected chi connectivity index (χ4v) is 1.58. The molecule has 1 rings (SSSR count). The number of rotatable bonds is 5. The van der Waals surface area contributed by atoms with Gasteiger partial charge in [0.05, 0.1) is 0 Å². The molecule has 0 aromatic carbocycles. The van der Waals surface area contributed by atoms with E-state index < -0.39 is 0 Å². The van der Waals surface area contributed by atoms with Gasteiger partial charge in [-0.2, -0.15) is 0 Å². The summed E-state index contributed by atoms with van der Waals surface area (Å²) in [5.74, 6) is 0. The van der Waals surface area contributed by atoms with E-state index in [-0.39, 0.29) is 0 Å². The number of likely N-dealkylation sites (N-methyl/N-ethyl adjacent to an activating group) is 1. The van der Waals surface area contributed by atoms with Gasteiger partial charge >= 0.3 is 0 Å². The van der Waals surface area contributed by atoms with Gasteiger partial charge in [0.2, 0.25) is 0 Å². The first-order valence-electron chi connectivity index (χ1n) is 5.50. The van der Waals surface area contributed by atoms with Gasteiger partial charge in [-0.25, -0.2) is 5.01 Å². The lowest BCUT2D eigenvalue weighted by molar-refractivity contribution is 0.104. The SMILES string of the molecule is CCCCCNN1CCN(C)CC1. The number of hydrogen-bond acceptors (Lipinski definition) is 3. The van der Waals surface area contributed by atoms with Crippen LogP contribution in [0.1, 0.15) is 26.2 Å². The highest BCUT2D eigenvalue weighted by atomic mass is 15.5. The molecule has 1 heterocycles. The second-order valence-electron chi connectivity index (χ2n) is 3.91. The van der Waals surface area contributed by atoms with Gasteiger partial charge in [0, 0.05) is 32.7 Å². The first-order chi connectivity index (χ1) is 6.33. The Morgan fingerprint density at radius 3 is 2.38 bits per heavy atom. The number of nitrogens with zero attached hydrogens (tertiary/aromatic N) is 2. The van der Waals surface area contributed by atoms with Crippen molar-refractivity contribution in [3.8, 4) is 0 Å². The Morgan fingerprint density at radius 2 is 1.77 bits per heavy atom. The van der Waals surface area contributed by atoms with Crippen molar-refractivity contribution in [3.05, 3.63) is 0 Å². The molecule has 78 valence electrons. The van der Waals surface area contributed by atoms with Crippen LogP contribution in [0.25, 0.3) is 0 Å². The van der Waals surface area contributed by atoms with E-state index in [9.17, 15) is 0 Å². The van der Waals surface area contributed by atoms with E-state index in [1.165, 1.54) is 45.4 Å². The van der Waals surface area contributed by atoms with E-state index in [1.807, 2.05) is 0 Å². The van der Waals surface area contributed by atoms with Gasteiger partial charge in [-0.1, -0.05) is 19.8 Å². The molecule has 0 bridgehead atoms. The summed E-state index contributed by atoms with van der Waals surface area (Å²) in [6, 6.07) is 0. The molecule has 1 aliphatic rings. The zero-order chi connectivity index (χ0) is 9.52. The van der Waals surface area contributed by atoms with Gasteiger partial charge in [0.15, 0.2) is 0 Å². The van der Waals surface area contributed by atoms with E-state index in [0.29, 0.717) is 0 Å². The summed E-state index contributed by atoms with van der Waals surface area (Å²) in [4.78, 5) is 2.38. The van der Waals surface area contributed by atoms with Crippen molar-refractivity contribution in [1.29, 1.82) is 0 Å². The van der Waals surface area contributed by atoms with Gasteiger partial charge in [-0.15, -0.1) is 0 Å². The summed E-state index contributed by atoms with van der Waals surface area (Å²) < 4.78 is 0. The first-order valence-corrected chi connectivity index (χ1v) is 5.50. The van der Waals surface area contributed by atoms with Crippen LogP contribution < -0.4 is 5.43 Å². The Balaban J connectivity index is 1.96. The van der Waals surface area contributed by atoms with Crippen LogP contribution in [0.2, 0.25) is 0 Å². The van der Waals surface area contributed by atoms with E-state index in [4.69, 9.17) is 0 Å². The number of nitrogens with one attached hydrogen (secondary N) is 1. The van der Waals surface area contributed by atoms with Crippen LogP contribution in [0.3, 0.4) is 0 Å². The standard InChI is InChI=1S/C10H23N3/c1-3-4-5-6-11-13-9-7-12(2)8-10-13/h11H,3-10H2,1-2H3. The second-order valence-corrected chi connectivity index (χ2v) is 3.91. The molecule has 1 aliphatic heterocycles. The summed E-state index contributed by atoms with van der Waals surface area (Å²) in [6.45, 7) is 8.13. The number of hydrazine groups is 1. The lowest BCUT2D eigenvalue weighted by atomic mass is 10.2. The van der Waals surface area contributed by atoms with Crippen molar-refractivity contribution in [1.82, 2.24) is 15.3 Å². The largest absolute Gasteiger partial charge is 0.304 e. The van der Waals surface area contributed by atoms with Gasteiger partial charge in [-0.3, -0.25) is 5.43 Å². The summed E-state index contributed by atoms with van der Waals surface area (Å²) >= 11 is 0. The molecule has 0 unspecified atom stereocenters. The molecule has 1 N–H and O–H groups in total. The molecule has 3 heteroatoms. The van der Waals surface area contributed by atoms with Crippen molar-refractivity contribution < 1.29 is 0 Å². The molecule has 0 aromatic heterocycles. The third-order valence-electron chi connectivity index (χ3n) is 2.62. The number of hydrogen-bond donors (Lipinski definition) is 1. The fourth-order valence-electron chi connectivity index (χ4n) is 1.58. The molecule has 0 aliphatic carbocycles. The number of piperazine rings is 1. The summed E-state index contributed by atoms with van der Waals surface area (Å²) in [5, 5.41) is 2.36. The highest BCUT2D eigenvalue weighted by molar-refractivity contribution is 4.65. The zero-order valence-electron chi connectivity index (χ0n) is 9.05. The fraction of sp³-hybridized carbons (Fsp3) is 1.00. The lowest BCUT2D eigenvalue weighted by Gasteiger charge is -2.32. The maximum Gasteiger partial charge on any atom is 0.0259 e. The van der Waals surface area contributed by atoms with Gasteiger partial charge in [0.25, 0.3) is 0 Å². The van der Waals surface area contributed by atoms with Crippen LogP contribution in [0.5, 0.6) is 0 Å². The minimum atomic E-state index is 1.15. The molecule has 0 amide bonds. The molecular weight excluding hydrogens is 162 g/mol. The van der Waals surface area contributed by atoms with Crippen LogP contribution in [-0.4, -0.2) is 49.7 Å². The highest BCUT2D eigenvalue weighted by Crippen LogP contribution is 1.96. The Bertz CT molecular complexity index is 119. The molecule has 1 saturated heterocycles. The highest BCUT2D eigenvalue weighted by Gasteiger charge is 2.11. The van der Waals surface area contributed by atoms with Gasteiger partial charge in [-0.05, 0) is 13.5 Å². The maximum absolute atomic E-state index is 3.48. The Kier molecular flexibility index (Phi) is 5.35. The molecular formula is C10H23N3. The van der Waals surface area contributed by atoms with E-state index in [1.54, 1.807) is 0 Å². The average molecular weight is 185 g/mol. The normalized spacial score (nSPS) is 20.8. The molecule has 13 heavy (non-hydrogen) atoms. The third-order valence-corrected chi connectivity index (χ3v) is 2.62. The molecule has 0 saturated carbocycles. The second kappa shape index (κ2) is 6.35. The predicted octanol–water partition coefficient (Wildman–Crippen LogP) is 0.929. The van der Waals surface area contributed by atoms with Crippen LogP contribution in [0.4, 0.5) is 0 Å². The molecule has 0 aromatic rings. The molecule has 3 nitrogen and oxygen atoms in total. The summed E-state index contributed by atoms with van der Waals surface area (Å²) in [5.41, 5.74) is 3.48. The Morgan fingerprint density at radius 1 is 1.08 bits per heavy atom. The minimum absolute atomic E-state index is 1.15. The topological polar surface area (TPSA) is 18.5 Å². The molecule has 0 spiro atoms. The van der Waals surface area contributed by atoms with Crippen LogP contribution in [0, 0.1) is 0 Å². The lowest BCUT2D eigenvalue weighted by Crippen LogP contribution is -2.50. The van der Waals surface area contributed by atoms with E-state index in [2.05, 4.69) is 29.3 Å². The summed E-state index contributed by atoms with van der Waals surface area (Å²) in [7, 11) is 2.19. The summed E-state index contributed by atoms with van der Waals surface area (Å²) in [6.07, 6.45) is 3.97. The smallest absolute Gasteiger partial charge is 0.0259 e. The van der Waals surface area contributed by atoms with Crippen LogP contribution in [0.15, 0.2) is 0 Å². The van der Waals surface area contributed by atoms with Gasteiger partial charge in [0.1, 0.15) is 0 Å². The van der Waals surface area contributed by atoms with Crippen LogP contribution >= 0.6 is 0 Å². The molecule has 0 atom stereocenters. The van der Waals surface area contributed by atoms with Crippen molar-refractivity contribution in [3.63, 3.8) is 0 Å². The molecule has 0 radical (unpaired) electrons. The zero-order valence-corrected chi connectivity index (χ0v) is 9.05. The minimum Gasteiger partial charge on any atom is -0.304 e. The van der Waals surface area contributed by atoms with Crippen molar-refractivity contribution in [2.45, 2.75) is 26.2 Å². The van der Waals surface area contributed by atoms with Crippen molar-refractivity contribution >= 4 is 0 Å². The third kappa shape index (κ3) is 4.60. The van der Waals surface area contributed by atoms with Crippen molar-refractivity contribution in [2.75, 3.05) is 39.8 Å². The van der Waals surface area contributed by atoms with E-state index >= 15 is 0 Å². The van der Waals surface area contributed by atoms with Gasteiger partial charge < -0.3 is 4.90 Å². The Labute approximate surface area is 82.1 Å². The Hall–Kier alpha value is -0.120. The predicted molar refractivity (Wildman–Crippen MR) is 56.6 cm³/mol.